The van der Waals surface area contributed by atoms with Crippen molar-refractivity contribution in [1.82, 2.24) is 4.90 Å². The Morgan fingerprint density at radius 3 is 2.12 bits per heavy atom. The molecule has 1 saturated carbocycles. The van der Waals surface area contributed by atoms with E-state index in [4.69, 9.17) is 11.6 Å². The molecule has 0 radical (unpaired) electrons. The molecule has 1 heterocycles. The monoisotopic (exact) mass is 446 g/mol. The van der Waals surface area contributed by atoms with Crippen molar-refractivity contribution in [2.24, 2.45) is 5.41 Å². The van der Waals surface area contributed by atoms with Crippen molar-refractivity contribution in [2.45, 2.75) is 38.6 Å². The van der Waals surface area contributed by atoms with E-state index in [-0.39, 0.29) is 11.0 Å². The van der Waals surface area contributed by atoms with Crippen LogP contribution in [0.5, 0.6) is 0 Å². The van der Waals surface area contributed by atoms with Crippen molar-refractivity contribution in [2.75, 3.05) is 18.4 Å². The number of hydrogen-bond acceptors (Lipinski definition) is 2. The third kappa shape index (κ3) is 4.54. The molecule has 1 aliphatic heterocycles. The molecule has 166 valence electrons. The van der Waals surface area contributed by atoms with Crippen LogP contribution in [-0.2, 0) is 16.8 Å². The van der Waals surface area contributed by atoms with Gasteiger partial charge in [0, 0.05) is 29.2 Å². The van der Waals surface area contributed by atoms with E-state index >= 15 is 0 Å². The Morgan fingerprint density at radius 1 is 0.938 bits per heavy atom. The molecular weight excluding hydrogens is 416 g/mol. The van der Waals surface area contributed by atoms with Gasteiger partial charge in [0.2, 0.25) is 6.41 Å². The van der Waals surface area contributed by atoms with E-state index < -0.39 is 0 Å². The average Bonchev–Trinajstić information content (AvgIpc) is 2.78. The highest BCUT2D eigenvalue weighted by atomic mass is 35.5. The van der Waals surface area contributed by atoms with E-state index in [0.29, 0.717) is 0 Å². The van der Waals surface area contributed by atoms with Gasteiger partial charge in [-0.2, -0.15) is 0 Å². The summed E-state index contributed by atoms with van der Waals surface area (Å²) in [6.07, 6.45) is 4.15. The molecule has 0 aromatic heterocycles. The molecule has 1 saturated heterocycles. The highest BCUT2D eigenvalue weighted by molar-refractivity contribution is 6.31. The minimum absolute atomic E-state index is 0.106. The number of carbonyl (C=O) groups is 1. The Morgan fingerprint density at radius 2 is 1.56 bits per heavy atom. The number of anilines is 1. The topological polar surface area (TPSA) is 32.3 Å². The molecule has 3 aromatic carbocycles. The molecule has 1 aliphatic carbocycles. The summed E-state index contributed by atoms with van der Waals surface area (Å²) in [4.78, 5) is 12.8. The zero-order valence-corrected chi connectivity index (χ0v) is 19.6. The lowest BCUT2D eigenvalue weighted by Gasteiger charge is -2.64. The molecule has 4 heteroatoms. The summed E-state index contributed by atoms with van der Waals surface area (Å²) in [7, 11) is 0. The quantitative estimate of drug-likeness (QED) is 0.456. The molecule has 1 spiro atoms. The second-order valence-corrected chi connectivity index (χ2v) is 9.60. The van der Waals surface area contributed by atoms with Gasteiger partial charge in [-0.25, -0.2) is 0 Å². The molecule has 5 rings (SSSR count). The molecule has 1 amide bonds. The molecule has 0 bridgehead atoms. The number of para-hydroxylation sites is 1. The summed E-state index contributed by atoms with van der Waals surface area (Å²) in [5.41, 5.74) is 5.10. The van der Waals surface area contributed by atoms with Gasteiger partial charge in [0.25, 0.3) is 0 Å². The SMILES string of the molecule is CCc1ccccc1.Cc1c(Cl)cccc1C1(Nc2ccccc2)CC2(CN(C=O)C2)C1. The summed E-state index contributed by atoms with van der Waals surface area (Å²) in [6, 6.07) is 26.9. The standard InChI is InChI=1S/C20H21ClN2O.C8H10/c1-15-17(8-5-9-18(15)21)20(22-16-6-3-2-4-7-16)10-19(11-20)12-23(13-19)14-24;1-2-8-6-4-3-5-7-8/h2-9,14,22H,10-13H2,1H3;3-7H,2H2,1H3. The maximum absolute atomic E-state index is 10.9. The van der Waals surface area contributed by atoms with Gasteiger partial charge in [0.05, 0.1) is 5.54 Å². The van der Waals surface area contributed by atoms with Gasteiger partial charge in [-0.1, -0.05) is 79.2 Å². The number of hydrogen-bond donors (Lipinski definition) is 1. The first kappa shape index (κ1) is 22.4. The number of carbonyl (C=O) groups excluding carboxylic acids is 1. The fourth-order valence-electron chi connectivity index (χ4n) is 5.33. The third-order valence-electron chi connectivity index (χ3n) is 6.77. The first-order valence-corrected chi connectivity index (χ1v) is 11.7. The van der Waals surface area contributed by atoms with E-state index in [1.54, 1.807) is 0 Å². The van der Waals surface area contributed by atoms with Crippen molar-refractivity contribution >= 4 is 23.7 Å². The number of rotatable bonds is 5. The van der Waals surface area contributed by atoms with Crippen LogP contribution in [0.3, 0.4) is 0 Å². The Labute approximate surface area is 196 Å². The minimum atomic E-state index is -0.106. The van der Waals surface area contributed by atoms with E-state index in [9.17, 15) is 4.79 Å². The number of benzene rings is 3. The Kier molecular flexibility index (Phi) is 6.57. The summed E-state index contributed by atoms with van der Waals surface area (Å²) in [5.74, 6) is 0. The molecule has 0 unspecified atom stereocenters. The molecule has 0 atom stereocenters. The molecule has 2 fully saturated rings. The summed E-state index contributed by atoms with van der Waals surface area (Å²) >= 11 is 6.39. The van der Waals surface area contributed by atoms with Crippen LogP contribution in [0.1, 0.15) is 36.5 Å². The highest BCUT2D eigenvalue weighted by Gasteiger charge is 2.60. The number of amides is 1. The molecular formula is C28H31ClN2O. The van der Waals surface area contributed by atoms with Crippen LogP contribution in [0.25, 0.3) is 0 Å². The number of likely N-dealkylation sites (tertiary alicyclic amines) is 1. The smallest absolute Gasteiger partial charge is 0.209 e. The third-order valence-corrected chi connectivity index (χ3v) is 7.18. The normalized spacial score (nSPS) is 17.4. The van der Waals surface area contributed by atoms with Crippen molar-refractivity contribution in [3.8, 4) is 0 Å². The van der Waals surface area contributed by atoms with Gasteiger partial charge in [0.15, 0.2) is 0 Å². The molecule has 2 aliphatic rings. The predicted octanol–water partition coefficient (Wildman–Crippen LogP) is 6.46. The van der Waals surface area contributed by atoms with E-state index in [2.05, 4.69) is 61.6 Å². The zero-order chi connectivity index (χ0) is 22.6. The summed E-state index contributed by atoms with van der Waals surface area (Å²) in [6.45, 7) is 5.99. The lowest BCUT2D eigenvalue weighted by Crippen LogP contribution is -2.68. The fraction of sp³-hybridized carbons (Fsp3) is 0.321. The average molecular weight is 447 g/mol. The Hall–Kier alpha value is -2.78. The van der Waals surface area contributed by atoms with Gasteiger partial charge in [0.1, 0.15) is 0 Å². The van der Waals surface area contributed by atoms with Crippen LogP contribution in [0.15, 0.2) is 78.9 Å². The van der Waals surface area contributed by atoms with Crippen LogP contribution < -0.4 is 5.32 Å². The molecule has 3 nitrogen and oxygen atoms in total. The number of nitrogens with zero attached hydrogens (tertiary/aromatic N) is 1. The zero-order valence-electron chi connectivity index (χ0n) is 18.9. The predicted molar refractivity (Wildman–Crippen MR) is 133 cm³/mol. The van der Waals surface area contributed by atoms with Crippen molar-refractivity contribution < 1.29 is 4.79 Å². The van der Waals surface area contributed by atoms with E-state index in [1.807, 2.05) is 41.3 Å². The largest absolute Gasteiger partial charge is 0.375 e. The van der Waals surface area contributed by atoms with Gasteiger partial charge in [-0.05, 0) is 61.1 Å². The maximum Gasteiger partial charge on any atom is 0.209 e. The molecule has 1 N–H and O–H groups in total. The number of halogens is 1. The van der Waals surface area contributed by atoms with Gasteiger partial charge < -0.3 is 10.2 Å². The van der Waals surface area contributed by atoms with E-state index in [0.717, 1.165) is 55.0 Å². The van der Waals surface area contributed by atoms with Crippen LogP contribution in [-0.4, -0.2) is 24.4 Å². The maximum atomic E-state index is 10.9. The van der Waals surface area contributed by atoms with Crippen molar-refractivity contribution in [1.29, 1.82) is 0 Å². The summed E-state index contributed by atoms with van der Waals surface area (Å²) < 4.78 is 0. The van der Waals surface area contributed by atoms with Gasteiger partial charge in [-0.15, -0.1) is 0 Å². The minimum Gasteiger partial charge on any atom is -0.375 e. The molecule has 3 aromatic rings. The van der Waals surface area contributed by atoms with Gasteiger partial charge in [-0.3, -0.25) is 4.79 Å². The lowest BCUT2D eigenvalue weighted by molar-refractivity contribution is -0.143. The fourth-order valence-corrected chi connectivity index (χ4v) is 5.50. The second-order valence-electron chi connectivity index (χ2n) is 9.19. The van der Waals surface area contributed by atoms with E-state index in [1.165, 1.54) is 11.1 Å². The van der Waals surface area contributed by atoms with Crippen LogP contribution in [0.4, 0.5) is 5.69 Å². The lowest BCUT2D eigenvalue weighted by atomic mass is 9.51. The first-order chi connectivity index (χ1) is 15.5. The summed E-state index contributed by atoms with van der Waals surface area (Å²) in [5, 5.41) is 4.58. The van der Waals surface area contributed by atoms with Crippen LogP contribution in [0.2, 0.25) is 5.02 Å². The molecule has 32 heavy (non-hydrogen) atoms. The van der Waals surface area contributed by atoms with Gasteiger partial charge >= 0.3 is 0 Å². The van der Waals surface area contributed by atoms with Crippen LogP contribution >= 0.6 is 11.6 Å². The van der Waals surface area contributed by atoms with Crippen LogP contribution in [0, 0.1) is 12.3 Å². The Balaban J connectivity index is 0.000000260. The number of aryl methyl sites for hydroxylation is 1. The van der Waals surface area contributed by atoms with Crippen molar-refractivity contribution in [3.63, 3.8) is 0 Å². The van der Waals surface area contributed by atoms with Crippen molar-refractivity contribution in [3.05, 3.63) is 101 Å². The Bertz CT molecular complexity index is 1040. The second kappa shape index (κ2) is 9.38. The highest BCUT2D eigenvalue weighted by Crippen LogP contribution is 2.60. The number of nitrogens with one attached hydrogen (secondary N) is 1. The first-order valence-electron chi connectivity index (χ1n) is 11.3.